The smallest absolute Gasteiger partial charge is 0.321 e. The average Bonchev–Trinajstić information content (AvgIpc) is 2.37. The highest BCUT2D eigenvalue weighted by Crippen LogP contribution is 2.58. The zero-order valence-corrected chi connectivity index (χ0v) is 11.9. The van der Waals surface area contributed by atoms with Crippen molar-refractivity contribution in [3.05, 3.63) is 18.5 Å². The average molecular weight is 276 g/mol. The number of carbonyl (C=O) groups is 1. The summed E-state index contributed by atoms with van der Waals surface area (Å²) in [6, 6.07) is 1.91. The van der Waals surface area contributed by atoms with Gasteiger partial charge in [-0.15, -0.1) is 0 Å². The van der Waals surface area contributed by atoms with Gasteiger partial charge in [0, 0.05) is 25.6 Å². The summed E-state index contributed by atoms with van der Waals surface area (Å²) in [6.45, 7) is 0. The van der Waals surface area contributed by atoms with Crippen molar-refractivity contribution in [2.45, 2.75) is 37.8 Å². The molecule has 2 atom stereocenters. The number of nitrogens with one attached hydrogen (secondary N) is 1. The number of methoxy groups -OCH3 is 1. The summed E-state index contributed by atoms with van der Waals surface area (Å²) in [6.07, 6.45) is 7.89. The quantitative estimate of drug-likeness (QED) is 0.915. The van der Waals surface area contributed by atoms with Gasteiger partial charge in [-0.1, -0.05) is 6.42 Å². The van der Waals surface area contributed by atoms with Crippen LogP contribution >= 0.6 is 0 Å². The second-order valence-corrected chi connectivity index (χ2v) is 5.73. The van der Waals surface area contributed by atoms with Crippen LogP contribution in [0.2, 0.25) is 0 Å². The molecule has 0 bridgehead atoms. The molecule has 0 unspecified atom stereocenters. The highest BCUT2D eigenvalue weighted by atomic mass is 16.5. The van der Waals surface area contributed by atoms with Gasteiger partial charge in [0.15, 0.2) is 0 Å². The number of anilines is 1. The Bertz CT molecular complexity index is 489. The highest BCUT2D eigenvalue weighted by molar-refractivity contribution is 5.89. The van der Waals surface area contributed by atoms with Crippen LogP contribution in [0.25, 0.3) is 0 Å². The predicted molar refractivity (Wildman–Crippen MR) is 74.3 cm³/mol. The van der Waals surface area contributed by atoms with E-state index in [9.17, 15) is 4.79 Å². The molecule has 0 saturated heterocycles. The molecule has 0 radical (unpaired) electrons. The fourth-order valence-corrected chi connectivity index (χ4v) is 3.56. The Balaban J connectivity index is 1.64. The van der Waals surface area contributed by atoms with E-state index in [2.05, 4.69) is 15.5 Å². The van der Waals surface area contributed by atoms with Crippen molar-refractivity contribution in [3.8, 4) is 0 Å². The molecule has 2 aliphatic carbocycles. The van der Waals surface area contributed by atoms with Crippen LogP contribution in [0.4, 0.5) is 10.5 Å². The Morgan fingerprint density at radius 2 is 2.30 bits per heavy atom. The third-order valence-electron chi connectivity index (χ3n) is 4.93. The third-order valence-corrected chi connectivity index (χ3v) is 4.93. The Labute approximate surface area is 118 Å². The van der Waals surface area contributed by atoms with Crippen molar-refractivity contribution in [1.82, 2.24) is 15.1 Å². The van der Waals surface area contributed by atoms with E-state index < -0.39 is 0 Å². The summed E-state index contributed by atoms with van der Waals surface area (Å²) in [5.74, 6) is 0. The summed E-state index contributed by atoms with van der Waals surface area (Å²) in [5, 5.41) is 10.3. The van der Waals surface area contributed by atoms with Gasteiger partial charge in [0.2, 0.25) is 0 Å². The summed E-state index contributed by atoms with van der Waals surface area (Å²) in [5.41, 5.74) is 0.860. The third kappa shape index (κ3) is 1.95. The normalized spacial score (nSPS) is 26.5. The van der Waals surface area contributed by atoms with Gasteiger partial charge >= 0.3 is 6.03 Å². The second kappa shape index (κ2) is 5.01. The number of urea groups is 1. The van der Waals surface area contributed by atoms with Crippen LogP contribution in [-0.2, 0) is 4.74 Å². The molecular weight excluding hydrogens is 256 g/mol. The van der Waals surface area contributed by atoms with Crippen LogP contribution < -0.4 is 5.32 Å². The number of rotatable bonds is 3. The summed E-state index contributed by atoms with van der Waals surface area (Å²) < 4.78 is 5.55. The Morgan fingerprint density at radius 3 is 2.85 bits per heavy atom. The van der Waals surface area contributed by atoms with E-state index in [-0.39, 0.29) is 17.5 Å². The lowest BCUT2D eigenvalue weighted by Crippen LogP contribution is -2.67. The second-order valence-electron chi connectivity index (χ2n) is 5.73. The predicted octanol–water partition coefficient (Wildman–Crippen LogP) is 1.90. The van der Waals surface area contributed by atoms with Crippen molar-refractivity contribution in [1.29, 1.82) is 0 Å². The Morgan fingerprint density at radius 1 is 1.50 bits per heavy atom. The molecule has 3 rings (SSSR count). The largest absolute Gasteiger partial charge is 0.381 e. The molecule has 6 heteroatoms. The molecule has 1 aromatic rings. The maximum atomic E-state index is 12.3. The number of carbonyl (C=O) groups excluding carboxylic acids is 1. The van der Waals surface area contributed by atoms with E-state index in [1.807, 2.05) is 11.9 Å². The van der Waals surface area contributed by atoms with Crippen molar-refractivity contribution < 1.29 is 9.53 Å². The van der Waals surface area contributed by atoms with Gasteiger partial charge in [-0.3, -0.25) is 0 Å². The SMILES string of the molecule is CO[C@H]1C[C@H](N(C)C(=O)Nc2ccnnc2)C12CCC2. The number of hydrogen-bond acceptors (Lipinski definition) is 4. The molecule has 1 N–H and O–H groups in total. The molecule has 0 aliphatic heterocycles. The molecule has 1 heterocycles. The van der Waals surface area contributed by atoms with Gasteiger partial charge in [0.25, 0.3) is 0 Å². The van der Waals surface area contributed by atoms with Crippen LogP contribution in [0.3, 0.4) is 0 Å². The van der Waals surface area contributed by atoms with Crippen LogP contribution in [0.5, 0.6) is 0 Å². The molecule has 2 saturated carbocycles. The lowest BCUT2D eigenvalue weighted by atomic mass is 9.50. The molecule has 2 aliphatic rings. The van der Waals surface area contributed by atoms with Crippen LogP contribution in [0, 0.1) is 5.41 Å². The number of hydrogen-bond donors (Lipinski definition) is 1. The molecule has 1 aromatic heterocycles. The van der Waals surface area contributed by atoms with Gasteiger partial charge < -0.3 is 15.0 Å². The zero-order valence-electron chi connectivity index (χ0n) is 11.9. The zero-order chi connectivity index (χ0) is 14.2. The van der Waals surface area contributed by atoms with Crippen LogP contribution in [0.15, 0.2) is 18.5 Å². The van der Waals surface area contributed by atoms with E-state index in [4.69, 9.17) is 4.74 Å². The molecular formula is C14H20N4O2. The molecule has 6 nitrogen and oxygen atoms in total. The molecule has 2 fully saturated rings. The first-order valence-corrected chi connectivity index (χ1v) is 7.01. The molecule has 2 amide bonds. The van der Waals surface area contributed by atoms with Crippen molar-refractivity contribution in [2.24, 2.45) is 5.41 Å². The monoisotopic (exact) mass is 276 g/mol. The number of nitrogens with zero attached hydrogens (tertiary/aromatic N) is 3. The van der Waals surface area contributed by atoms with E-state index in [0.717, 1.165) is 19.3 Å². The molecule has 20 heavy (non-hydrogen) atoms. The fraction of sp³-hybridized carbons (Fsp3) is 0.643. The number of aromatic nitrogens is 2. The molecule has 1 spiro atoms. The minimum absolute atomic E-state index is 0.0937. The van der Waals surface area contributed by atoms with Gasteiger partial charge in [-0.05, 0) is 25.3 Å². The Hall–Kier alpha value is -1.69. The van der Waals surface area contributed by atoms with Gasteiger partial charge in [0.1, 0.15) is 0 Å². The minimum atomic E-state index is -0.0937. The van der Waals surface area contributed by atoms with Gasteiger partial charge in [-0.25, -0.2) is 4.79 Å². The topological polar surface area (TPSA) is 67.3 Å². The van der Waals surface area contributed by atoms with E-state index in [0.29, 0.717) is 11.8 Å². The summed E-state index contributed by atoms with van der Waals surface area (Å²) in [4.78, 5) is 14.1. The van der Waals surface area contributed by atoms with Gasteiger partial charge in [0.05, 0.1) is 24.2 Å². The van der Waals surface area contributed by atoms with Crippen molar-refractivity contribution >= 4 is 11.7 Å². The minimum Gasteiger partial charge on any atom is -0.381 e. The van der Waals surface area contributed by atoms with E-state index >= 15 is 0 Å². The number of amides is 2. The first kappa shape index (κ1) is 13.3. The first-order valence-electron chi connectivity index (χ1n) is 7.01. The highest BCUT2D eigenvalue weighted by Gasteiger charge is 2.60. The first-order chi connectivity index (χ1) is 9.67. The van der Waals surface area contributed by atoms with E-state index in [1.54, 1.807) is 25.6 Å². The maximum absolute atomic E-state index is 12.3. The van der Waals surface area contributed by atoms with Gasteiger partial charge in [-0.2, -0.15) is 10.2 Å². The maximum Gasteiger partial charge on any atom is 0.321 e. The summed E-state index contributed by atoms with van der Waals surface area (Å²) >= 11 is 0. The Kier molecular flexibility index (Phi) is 3.33. The van der Waals surface area contributed by atoms with Crippen LogP contribution in [-0.4, -0.2) is 47.4 Å². The number of ether oxygens (including phenoxy) is 1. The molecule has 108 valence electrons. The van der Waals surface area contributed by atoms with E-state index in [1.165, 1.54) is 6.42 Å². The standard InChI is InChI=1S/C14H20N4O2/c1-18(13(19)17-10-4-7-15-16-9-10)11-8-12(20-2)14(11)5-3-6-14/h4,7,9,11-12H,3,5-6,8H2,1-2H3,(H,15,17,19)/t11-,12-/m0/s1. The lowest BCUT2D eigenvalue weighted by molar-refractivity contribution is -0.181. The summed E-state index contributed by atoms with van der Waals surface area (Å²) in [7, 11) is 3.63. The lowest BCUT2D eigenvalue weighted by Gasteiger charge is -2.62. The fourth-order valence-electron chi connectivity index (χ4n) is 3.56. The molecule has 0 aromatic carbocycles. The van der Waals surface area contributed by atoms with Crippen molar-refractivity contribution in [3.63, 3.8) is 0 Å². The van der Waals surface area contributed by atoms with Crippen molar-refractivity contribution in [2.75, 3.05) is 19.5 Å². The van der Waals surface area contributed by atoms with Crippen LogP contribution in [0.1, 0.15) is 25.7 Å².